The van der Waals surface area contributed by atoms with Crippen molar-refractivity contribution in [1.29, 1.82) is 0 Å². The summed E-state index contributed by atoms with van der Waals surface area (Å²) in [4.78, 5) is 0. The maximum atomic E-state index is 4.25. The monoisotopic (exact) mass is 163 g/mol. The van der Waals surface area contributed by atoms with Crippen molar-refractivity contribution in [3.63, 3.8) is 0 Å². The Morgan fingerprint density at radius 2 is 1.10 bits per heavy atom. The first-order chi connectivity index (χ1) is 4.55. The van der Waals surface area contributed by atoms with Gasteiger partial charge in [-0.05, 0) is 27.7 Å². The molecule has 0 aromatic carbocycles. The van der Waals surface area contributed by atoms with E-state index in [9.17, 15) is 0 Å². The lowest BCUT2D eigenvalue weighted by molar-refractivity contribution is 0.340. The second-order valence-electron chi connectivity index (χ2n) is 2.57. The van der Waals surface area contributed by atoms with Crippen LogP contribution >= 0.6 is 12.8 Å². The molecule has 0 radical (unpaired) electrons. The van der Waals surface area contributed by atoms with Crippen LogP contribution in [0.15, 0.2) is 0 Å². The number of rotatable bonds is 2. The average Bonchev–Trinajstić information content (AvgIpc) is 1.90. The first kappa shape index (κ1) is 12.9. The standard InChI is InChI=1S/C6H15NS.C2H6/c1-5(2)7(8)6(3)4;1-2/h5-6,8H,1-4H3;1-2H3. The van der Waals surface area contributed by atoms with Gasteiger partial charge in [0.25, 0.3) is 0 Å². The van der Waals surface area contributed by atoms with E-state index < -0.39 is 0 Å². The second kappa shape index (κ2) is 7.42. The molecule has 0 bridgehead atoms. The van der Waals surface area contributed by atoms with Gasteiger partial charge in [-0.15, -0.1) is 0 Å². The van der Waals surface area contributed by atoms with E-state index in [-0.39, 0.29) is 0 Å². The molecule has 0 spiro atoms. The van der Waals surface area contributed by atoms with Gasteiger partial charge in [0.1, 0.15) is 0 Å². The Morgan fingerprint density at radius 3 is 1.10 bits per heavy atom. The summed E-state index contributed by atoms with van der Waals surface area (Å²) in [6.45, 7) is 12.5. The Labute approximate surface area is 71.3 Å². The fraction of sp³-hybridized carbons (Fsp3) is 1.00. The van der Waals surface area contributed by atoms with Gasteiger partial charge in [-0.1, -0.05) is 26.7 Å². The predicted molar refractivity (Wildman–Crippen MR) is 52.4 cm³/mol. The van der Waals surface area contributed by atoms with Crippen LogP contribution in [0, 0.1) is 0 Å². The molecular formula is C8H21NS. The lowest BCUT2D eigenvalue weighted by atomic mass is 10.3. The van der Waals surface area contributed by atoms with E-state index >= 15 is 0 Å². The van der Waals surface area contributed by atoms with Gasteiger partial charge in [0.2, 0.25) is 0 Å². The van der Waals surface area contributed by atoms with Crippen LogP contribution in [-0.2, 0) is 0 Å². The Bertz CT molecular complexity index is 54.3. The van der Waals surface area contributed by atoms with Gasteiger partial charge in [-0.25, -0.2) is 4.31 Å². The largest absolute Gasteiger partial charge is 0.248 e. The molecule has 10 heavy (non-hydrogen) atoms. The minimum Gasteiger partial charge on any atom is -0.248 e. The van der Waals surface area contributed by atoms with Crippen LogP contribution in [0.2, 0.25) is 0 Å². The van der Waals surface area contributed by atoms with Crippen LogP contribution in [0.25, 0.3) is 0 Å². The normalized spacial score (nSPS) is 10.2. The minimum absolute atomic E-state index is 0.540. The van der Waals surface area contributed by atoms with Gasteiger partial charge in [0.15, 0.2) is 0 Å². The van der Waals surface area contributed by atoms with Crippen molar-refractivity contribution in [1.82, 2.24) is 4.31 Å². The maximum absolute atomic E-state index is 4.25. The number of nitrogens with zero attached hydrogens (tertiary/aromatic N) is 1. The van der Waals surface area contributed by atoms with E-state index in [1.807, 2.05) is 18.2 Å². The van der Waals surface area contributed by atoms with Gasteiger partial charge < -0.3 is 0 Å². The third-order valence-corrected chi connectivity index (χ3v) is 1.98. The van der Waals surface area contributed by atoms with Crippen molar-refractivity contribution in [2.45, 2.75) is 53.6 Å². The molecule has 1 nitrogen and oxygen atoms in total. The zero-order chi connectivity index (χ0) is 8.73. The zero-order valence-electron chi connectivity index (χ0n) is 8.05. The Hall–Kier alpha value is 0.310. The van der Waals surface area contributed by atoms with Gasteiger partial charge in [-0.3, -0.25) is 0 Å². The average molecular weight is 163 g/mol. The minimum atomic E-state index is 0.540. The molecule has 0 aliphatic heterocycles. The van der Waals surface area contributed by atoms with Gasteiger partial charge >= 0.3 is 0 Å². The van der Waals surface area contributed by atoms with E-state index in [0.29, 0.717) is 12.1 Å². The molecule has 64 valence electrons. The fourth-order valence-corrected chi connectivity index (χ4v) is 0.596. The highest BCUT2D eigenvalue weighted by molar-refractivity contribution is 7.77. The number of hydrogen-bond acceptors (Lipinski definition) is 2. The summed E-state index contributed by atoms with van der Waals surface area (Å²) in [6.07, 6.45) is 0. The summed E-state index contributed by atoms with van der Waals surface area (Å²) in [5.74, 6) is 0. The lowest BCUT2D eigenvalue weighted by Gasteiger charge is -2.23. The van der Waals surface area contributed by atoms with E-state index in [4.69, 9.17) is 0 Å². The van der Waals surface area contributed by atoms with Crippen molar-refractivity contribution in [3.05, 3.63) is 0 Å². The predicted octanol–water partition coefficient (Wildman–Crippen LogP) is 2.98. The first-order valence-corrected chi connectivity index (χ1v) is 4.43. The third kappa shape index (κ3) is 6.43. The van der Waals surface area contributed by atoms with Crippen LogP contribution in [0.3, 0.4) is 0 Å². The number of hydrogen-bond donors (Lipinski definition) is 1. The molecule has 0 aromatic heterocycles. The zero-order valence-corrected chi connectivity index (χ0v) is 8.94. The Morgan fingerprint density at radius 1 is 0.900 bits per heavy atom. The fourth-order valence-electron chi connectivity index (χ4n) is 0.596. The Balaban J connectivity index is 0. The molecule has 2 heteroatoms. The van der Waals surface area contributed by atoms with Crippen molar-refractivity contribution < 1.29 is 0 Å². The third-order valence-electron chi connectivity index (χ3n) is 1.06. The summed E-state index contributed by atoms with van der Waals surface area (Å²) in [5.41, 5.74) is 0. The van der Waals surface area contributed by atoms with Crippen LogP contribution in [0.5, 0.6) is 0 Å². The molecule has 0 aromatic rings. The molecule has 0 saturated heterocycles. The van der Waals surface area contributed by atoms with E-state index in [1.165, 1.54) is 0 Å². The van der Waals surface area contributed by atoms with Crippen molar-refractivity contribution >= 4 is 12.8 Å². The molecule has 0 N–H and O–H groups in total. The molecule has 0 aliphatic rings. The molecule has 0 fully saturated rings. The summed E-state index contributed by atoms with van der Waals surface area (Å²) in [7, 11) is 0. The van der Waals surface area contributed by atoms with Crippen LogP contribution < -0.4 is 0 Å². The molecule has 0 rings (SSSR count). The maximum Gasteiger partial charge on any atom is 0.0146 e. The topological polar surface area (TPSA) is 3.24 Å². The molecule has 0 unspecified atom stereocenters. The summed E-state index contributed by atoms with van der Waals surface area (Å²) >= 11 is 4.25. The van der Waals surface area contributed by atoms with E-state index in [0.717, 1.165) is 0 Å². The molecular weight excluding hydrogens is 142 g/mol. The summed E-state index contributed by atoms with van der Waals surface area (Å²) < 4.78 is 2.03. The Kier molecular flexibility index (Phi) is 9.60. The summed E-state index contributed by atoms with van der Waals surface area (Å²) in [6, 6.07) is 1.08. The SMILES string of the molecule is CC.CC(C)N(S)C(C)C. The van der Waals surface area contributed by atoms with Gasteiger partial charge in [0, 0.05) is 12.1 Å². The van der Waals surface area contributed by atoms with E-state index in [2.05, 4.69) is 40.5 Å². The highest BCUT2D eigenvalue weighted by Gasteiger charge is 2.06. The molecule has 0 aliphatic carbocycles. The second-order valence-corrected chi connectivity index (χ2v) is 3.03. The smallest absolute Gasteiger partial charge is 0.0146 e. The highest BCUT2D eigenvalue weighted by atomic mass is 32.1. The first-order valence-electron chi connectivity index (χ1n) is 4.03. The van der Waals surface area contributed by atoms with E-state index in [1.54, 1.807) is 0 Å². The van der Waals surface area contributed by atoms with Gasteiger partial charge in [-0.2, -0.15) is 0 Å². The summed E-state index contributed by atoms with van der Waals surface area (Å²) in [5, 5.41) is 0. The molecule has 0 heterocycles. The van der Waals surface area contributed by atoms with Crippen LogP contribution in [0.1, 0.15) is 41.5 Å². The molecule has 0 saturated carbocycles. The van der Waals surface area contributed by atoms with Gasteiger partial charge in [0.05, 0.1) is 0 Å². The van der Waals surface area contributed by atoms with Crippen molar-refractivity contribution in [2.75, 3.05) is 0 Å². The van der Waals surface area contributed by atoms with Crippen LogP contribution in [-0.4, -0.2) is 16.4 Å². The lowest BCUT2D eigenvalue weighted by Crippen LogP contribution is -2.27. The number of thiol groups is 1. The molecule has 0 amide bonds. The van der Waals surface area contributed by atoms with Crippen LogP contribution in [0.4, 0.5) is 0 Å². The molecule has 0 atom stereocenters. The quantitative estimate of drug-likeness (QED) is 0.613. The van der Waals surface area contributed by atoms with Crippen molar-refractivity contribution in [3.8, 4) is 0 Å². The highest BCUT2D eigenvalue weighted by Crippen LogP contribution is 2.06. The van der Waals surface area contributed by atoms with Crippen molar-refractivity contribution in [2.24, 2.45) is 0 Å².